The Kier molecular flexibility index (Phi) is 5.12. The van der Waals surface area contributed by atoms with Crippen LogP contribution in [-0.4, -0.2) is 40.7 Å². The second-order valence-corrected chi connectivity index (χ2v) is 7.02. The summed E-state index contributed by atoms with van der Waals surface area (Å²) in [5.41, 5.74) is 7.78. The predicted molar refractivity (Wildman–Crippen MR) is 93.1 cm³/mol. The SMILES string of the molecule is Cc1nn(-c2ccc(Cl)cc2)cc1C(=O)N(C)CC(C)(C)CN. The third-order valence-electron chi connectivity index (χ3n) is 3.78. The summed E-state index contributed by atoms with van der Waals surface area (Å²) in [5.74, 6) is -0.0516. The number of carbonyl (C=O) groups is 1. The molecule has 5 nitrogen and oxygen atoms in total. The number of nitrogens with zero attached hydrogens (tertiary/aromatic N) is 3. The molecule has 6 heteroatoms. The van der Waals surface area contributed by atoms with Gasteiger partial charge in [0.05, 0.1) is 16.9 Å². The molecule has 0 radical (unpaired) electrons. The van der Waals surface area contributed by atoms with E-state index in [1.54, 1.807) is 35.0 Å². The second-order valence-electron chi connectivity index (χ2n) is 6.58. The molecule has 0 aliphatic carbocycles. The number of aryl methyl sites for hydroxylation is 1. The van der Waals surface area contributed by atoms with E-state index in [9.17, 15) is 4.79 Å². The van der Waals surface area contributed by atoms with Gasteiger partial charge in [-0.05, 0) is 43.1 Å². The smallest absolute Gasteiger partial charge is 0.257 e. The van der Waals surface area contributed by atoms with Crippen LogP contribution in [-0.2, 0) is 0 Å². The quantitative estimate of drug-likeness (QED) is 0.914. The van der Waals surface area contributed by atoms with Crippen molar-refractivity contribution in [1.82, 2.24) is 14.7 Å². The fourth-order valence-corrected chi connectivity index (χ4v) is 2.51. The summed E-state index contributed by atoms with van der Waals surface area (Å²) in [4.78, 5) is 14.4. The van der Waals surface area contributed by atoms with Crippen LogP contribution in [0.1, 0.15) is 29.9 Å². The molecule has 0 bridgehead atoms. The number of benzene rings is 1. The van der Waals surface area contributed by atoms with Gasteiger partial charge in [0.2, 0.25) is 0 Å². The number of carbonyl (C=O) groups excluding carboxylic acids is 1. The van der Waals surface area contributed by atoms with Gasteiger partial charge in [-0.1, -0.05) is 25.4 Å². The molecule has 1 amide bonds. The van der Waals surface area contributed by atoms with Gasteiger partial charge >= 0.3 is 0 Å². The standard InChI is InChI=1S/C17H23ClN4O/c1-12-15(16(23)21(4)11-17(2,3)10-19)9-22(20-12)14-7-5-13(18)6-8-14/h5-9H,10-11,19H2,1-4H3. The highest BCUT2D eigenvalue weighted by molar-refractivity contribution is 6.30. The molecule has 0 spiro atoms. The number of hydrogen-bond acceptors (Lipinski definition) is 3. The zero-order valence-electron chi connectivity index (χ0n) is 14.0. The number of halogens is 1. The molecule has 1 aromatic carbocycles. The maximum absolute atomic E-state index is 12.7. The third-order valence-corrected chi connectivity index (χ3v) is 4.04. The molecule has 2 aromatic rings. The van der Waals surface area contributed by atoms with Gasteiger partial charge in [0.15, 0.2) is 0 Å². The van der Waals surface area contributed by atoms with E-state index in [0.717, 1.165) is 5.69 Å². The Labute approximate surface area is 142 Å². The van der Waals surface area contributed by atoms with E-state index in [4.69, 9.17) is 17.3 Å². The first-order chi connectivity index (χ1) is 10.7. The minimum Gasteiger partial charge on any atom is -0.341 e. The minimum absolute atomic E-state index is 0.0516. The van der Waals surface area contributed by atoms with Crippen molar-refractivity contribution in [2.45, 2.75) is 20.8 Å². The molecule has 0 atom stereocenters. The van der Waals surface area contributed by atoms with Crippen molar-refractivity contribution in [3.63, 3.8) is 0 Å². The van der Waals surface area contributed by atoms with E-state index in [-0.39, 0.29) is 11.3 Å². The number of hydrogen-bond donors (Lipinski definition) is 1. The summed E-state index contributed by atoms with van der Waals surface area (Å²) < 4.78 is 1.70. The Morgan fingerprint density at radius 3 is 2.52 bits per heavy atom. The molecule has 0 unspecified atom stereocenters. The molecule has 2 rings (SSSR count). The van der Waals surface area contributed by atoms with Crippen molar-refractivity contribution in [2.75, 3.05) is 20.1 Å². The molecule has 0 saturated heterocycles. The van der Waals surface area contributed by atoms with Crippen LogP contribution < -0.4 is 5.73 Å². The lowest BCUT2D eigenvalue weighted by Crippen LogP contribution is -2.39. The number of aromatic nitrogens is 2. The Balaban J connectivity index is 2.23. The largest absolute Gasteiger partial charge is 0.341 e. The molecular formula is C17H23ClN4O. The van der Waals surface area contributed by atoms with Gasteiger partial charge in [-0.25, -0.2) is 4.68 Å². The molecule has 1 heterocycles. The van der Waals surface area contributed by atoms with Gasteiger partial charge in [-0.2, -0.15) is 5.10 Å². The Morgan fingerprint density at radius 1 is 1.35 bits per heavy atom. The molecular weight excluding hydrogens is 312 g/mol. The molecule has 2 N–H and O–H groups in total. The third kappa shape index (κ3) is 4.12. The average Bonchev–Trinajstić information content (AvgIpc) is 2.88. The monoisotopic (exact) mass is 334 g/mol. The van der Waals surface area contributed by atoms with Gasteiger partial charge in [0.25, 0.3) is 5.91 Å². The molecule has 1 aromatic heterocycles. The van der Waals surface area contributed by atoms with Crippen LogP contribution in [0.3, 0.4) is 0 Å². The topological polar surface area (TPSA) is 64.2 Å². The lowest BCUT2D eigenvalue weighted by molar-refractivity contribution is 0.0740. The van der Waals surface area contributed by atoms with Crippen molar-refractivity contribution < 1.29 is 4.79 Å². The first-order valence-corrected chi connectivity index (χ1v) is 7.89. The minimum atomic E-state index is -0.121. The maximum atomic E-state index is 12.7. The highest BCUT2D eigenvalue weighted by Gasteiger charge is 2.24. The first-order valence-electron chi connectivity index (χ1n) is 7.51. The molecule has 0 aliphatic heterocycles. The van der Waals surface area contributed by atoms with Crippen LogP contribution in [0.4, 0.5) is 0 Å². The van der Waals surface area contributed by atoms with E-state index in [0.29, 0.717) is 29.4 Å². The Morgan fingerprint density at radius 2 is 1.96 bits per heavy atom. The normalized spacial score (nSPS) is 11.6. The van der Waals surface area contributed by atoms with E-state index in [2.05, 4.69) is 5.10 Å². The van der Waals surface area contributed by atoms with Gasteiger partial charge in [-0.15, -0.1) is 0 Å². The summed E-state index contributed by atoms with van der Waals surface area (Å²) >= 11 is 5.90. The summed E-state index contributed by atoms with van der Waals surface area (Å²) in [7, 11) is 1.79. The van der Waals surface area contributed by atoms with Gasteiger partial charge < -0.3 is 10.6 Å². The number of rotatable bonds is 5. The predicted octanol–water partition coefficient (Wildman–Crippen LogP) is 2.89. The van der Waals surface area contributed by atoms with Crippen molar-refractivity contribution in [3.8, 4) is 5.69 Å². The first kappa shape index (κ1) is 17.5. The molecule has 0 aliphatic rings. The summed E-state index contributed by atoms with van der Waals surface area (Å²) in [6.07, 6.45) is 1.76. The van der Waals surface area contributed by atoms with Crippen molar-refractivity contribution in [1.29, 1.82) is 0 Å². The van der Waals surface area contributed by atoms with Crippen molar-refractivity contribution in [3.05, 3.63) is 46.7 Å². The molecule has 23 heavy (non-hydrogen) atoms. The summed E-state index contributed by atoms with van der Waals surface area (Å²) in [6.45, 7) is 7.03. The van der Waals surface area contributed by atoms with Crippen LogP contribution in [0.25, 0.3) is 5.69 Å². The highest BCUT2D eigenvalue weighted by atomic mass is 35.5. The molecule has 0 saturated carbocycles. The van der Waals surface area contributed by atoms with Crippen LogP contribution in [0.2, 0.25) is 5.02 Å². The van der Waals surface area contributed by atoms with E-state index < -0.39 is 0 Å². The Bertz CT molecular complexity index is 691. The fraction of sp³-hybridized carbons (Fsp3) is 0.412. The van der Waals surface area contributed by atoms with Crippen molar-refractivity contribution >= 4 is 17.5 Å². The molecule has 0 fully saturated rings. The van der Waals surface area contributed by atoms with E-state index in [1.807, 2.05) is 32.9 Å². The van der Waals surface area contributed by atoms with Crippen LogP contribution in [0.15, 0.2) is 30.5 Å². The van der Waals surface area contributed by atoms with Gasteiger partial charge in [0.1, 0.15) is 0 Å². The summed E-state index contributed by atoms with van der Waals surface area (Å²) in [5, 5.41) is 5.10. The van der Waals surface area contributed by atoms with Crippen LogP contribution in [0, 0.1) is 12.3 Å². The van der Waals surface area contributed by atoms with Crippen LogP contribution >= 0.6 is 11.6 Å². The van der Waals surface area contributed by atoms with E-state index in [1.165, 1.54) is 0 Å². The highest BCUT2D eigenvalue weighted by Crippen LogP contribution is 2.19. The van der Waals surface area contributed by atoms with Crippen molar-refractivity contribution in [2.24, 2.45) is 11.1 Å². The van der Waals surface area contributed by atoms with Gasteiger partial charge in [-0.3, -0.25) is 4.79 Å². The molecule has 124 valence electrons. The fourth-order valence-electron chi connectivity index (χ4n) is 2.38. The lowest BCUT2D eigenvalue weighted by Gasteiger charge is -2.28. The van der Waals surface area contributed by atoms with E-state index >= 15 is 0 Å². The second kappa shape index (κ2) is 6.72. The zero-order chi connectivity index (χ0) is 17.2. The summed E-state index contributed by atoms with van der Waals surface area (Å²) in [6, 6.07) is 7.32. The maximum Gasteiger partial charge on any atom is 0.257 e. The lowest BCUT2D eigenvalue weighted by atomic mass is 9.93. The van der Waals surface area contributed by atoms with Crippen LogP contribution in [0.5, 0.6) is 0 Å². The number of amides is 1. The number of nitrogens with two attached hydrogens (primary N) is 1. The Hall–Kier alpha value is -1.85. The average molecular weight is 335 g/mol. The van der Waals surface area contributed by atoms with Gasteiger partial charge in [0, 0.05) is 24.8 Å². The zero-order valence-corrected chi connectivity index (χ0v) is 14.8.